The van der Waals surface area contributed by atoms with E-state index in [4.69, 9.17) is 0 Å². The predicted molar refractivity (Wildman–Crippen MR) is 76.2 cm³/mol. The van der Waals surface area contributed by atoms with Crippen LogP contribution in [0, 0.1) is 23.7 Å². The van der Waals surface area contributed by atoms with Crippen LogP contribution in [0.15, 0.2) is 0 Å². The number of rotatable bonds is 7. The van der Waals surface area contributed by atoms with E-state index < -0.39 is 10.0 Å². The Bertz CT molecular complexity index is 391. The van der Waals surface area contributed by atoms with E-state index in [2.05, 4.69) is 4.72 Å². The SMILES string of the molecule is CCC(CC)CS(=O)(=O)NC1C2CCC(C2)C1CO. The molecule has 2 saturated carbocycles. The Labute approximate surface area is 117 Å². The molecule has 0 spiro atoms. The fourth-order valence-electron chi connectivity index (χ4n) is 3.95. The van der Waals surface area contributed by atoms with E-state index in [-0.39, 0.29) is 30.2 Å². The number of sulfonamides is 1. The average molecular weight is 289 g/mol. The van der Waals surface area contributed by atoms with Crippen molar-refractivity contribution in [3.63, 3.8) is 0 Å². The maximum atomic E-state index is 12.3. The molecule has 0 aromatic carbocycles. The highest BCUT2D eigenvalue weighted by Gasteiger charge is 2.48. The molecule has 4 nitrogen and oxygen atoms in total. The van der Waals surface area contributed by atoms with Crippen molar-refractivity contribution in [1.82, 2.24) is 4.72 Å². The van der Waals surface area contributed by atoms with E-state index in [1.807, 2.05) is 13.8 Å². The molecule has 2 fully saturated rings. The van der Waals surface area contributed by atoms with Crippen LogP contribution in [0.25, 0.3) is 0 Å². The highest BCUT2D eigenvalue weighted by Crippen LogP contribution is 2.48. The van der Waals surface area contributed by atoms with Crippen LogP contribution in [0.2, 0.25) is 0 Å². The van der Waals surface area contributed by atoms with E-state index in [9.17, 15) is 13.5 Å². The standard InChI is InChI=1S/C14H27NO3S/c1-3-10(4-2)9-19(17,18)15-14-12-6-5-11(7-12)13(14)8-16/h10-16H,3-9H2,1-2H3. The van der Waals surface area contributed by atoms with Crippen molar-refractivity contribution >= 4 is 10.0 Å². The average Bonchev–Trinajstić information content (AvgIpc) is 2.96. The fraction of sp³-hybridized carbons (Fsp3) is 1.00. The largest absolute Gasteiger partial charge is 0.396 e. The van der Waals surface area contributed by atoms with Gasteiger partial charge >= 0.3 is 0 Å². The minimum Gasteiger partial charge on any atom is -0.396 e. The zero-order valence-electron chi connectivity index (χ0n) is 12.0. The molecular weight excluding hydrogens is 262 g/mol. The summed E-state index contributed by atoms with van der Waals surface area (Å²) in [6.07, 6.45) is 5.15. The first kappa shape index (κ1) is 15.3. The highest BCUT2D eigenvalue weighted by molar-refractivity contribution is 7.89. The predicted octanol–water partition coefficient (Wildman–Crippen LogP) is 1.75. The summed E-state index contributed by atoms with van der Waals surface area (Å²) in [5.74, 6) is 1.57. The van der Waals surface area contributed by atoms with Crippen LogP contribution in [-0.4, -0.2) is 31.9 Å². The topological polar surface area (TPSA) is 66.4 Å². The molecule has 4 atom stereocenters. The molecule has 112 valence electrons. The molecular formula is C14H27NO3S. The van der Waals surface area contributed by atoms with E-state index >= 15 is 0 Å². The monoisotopic (exact) mass is 289 g/mol. The maximum Gasteiger partial charge on any atom is 0.212 e. The molecule has 0 aromatic heterocycles. The Kier molecular flexibility index (Phi) is 4.90. The molecule has 4 unspecified atom stereocenters. The van der Waals surface area contributed by atoms with Gasteiger partial charge in [-0.3, -0.25) is 0 Å². The maximum absolute atomic E-state index is 12.3. The fourth-order valence-corrected chi connectivity index (χ4v) is 5.92. The van der Waals surface area contributed by atoms with Crippen molar-refractivity contribution in [3.8, 4) is 0 Å². The molecule has 2 aliphatic rings. The Balaban J connectivity index is 1.99. The Hall–Kier alpha value is -0.130. The quantitative estimate of drug-likeness (QED) is 0.750. The van der Waals surface area contributed by atoms with Crippen LogP contribution in [-0.2, 0) is 10.0 Å². The second kappa shape index (κ2) is 6.10. The van der Waals surface area contributed by atoms with Gasteiger partial charge in [0.05, 0.1) is 5.75 Å². The van der Waals surface area contributed by atoms with Crippen molar-refractivity contribution in [1.29, 1.82) is 0 Å². The van der Waals surface area contributed by atoms with Crippen LogP contribution in [0.4, 0.5) is 0 Å². The van der Waals surface area contributed by atoms with E-state index in [0.29, 0.717) is 11.8 Å². The molecule has 2 aliphatic carbocycles. The molecule has 0 saturated heterocycles. The highest BCUT2D eigenvalue weighted by atomic mass is 32.2. The van der Waals surface area contributed by atoms with Gasteiger partial charge in [-0.2, -0.15) is 0 Å². The first-order valence-electron chi connectivity index (χ1n) is 7.61. The lowest BCUT2D eigenvalue weighted by molar-refractivity contribution is 0.153. The first-order valence-corrected chi connectivity index (χ1v) is 9.26. The molecule has 5 heteroatoms. The molecule has 0 heterocycles. The third-order valence-electron chi connectivity index (χ3n) is 5.22. The van der Waals surface area contributed by atoms with Gasteiger partial charge in [-0.05, 0) is 37.0 Å². The van der Waals surface area contributed by atoms with Gasteiger partial charge in [-0.25, -0.2) is 13.1 Å². The summed E-state index contributed by atoms with van der Waals surface area (Å²) in [6, 6.07) is -0.0249. The van der Waals surface area contributed by atoms with Gasteiger partial charge < -0.3 is 5.11 Å². The molecule has 19 heavy (non-hydrogen) atoms. The van der Waals surface area contributed by atoms with Gasteiger partial charge in [-0.1, -0.05) is 26.7 Å². The summed E-state index contributed by atoms with van der Waals surface area (Å²) < 4.78 is 27.4. The minimum atomic E-state index is -3.22. The van der Waals surface area contributed by atoms with Crippen molar-refractivity contribution in [3.05, 3.63) is 0 Å². The lowest BCUT2D eigenvalue weighted by atomic mass is 9.86. The van der Waals surface area contributed by atoms with Crippen LogP contribution >= 0.6 is 0 Å². The van der Waals surface area contributed by atoms with Crippen LogP contribution in [0.5, 0.6) is 0 Å². The molecule has 0 amide bonds. The normalized spacial score (nSPS) is 34.3. The van der Waals surface area contributed by atoms with Crippen molar-refractivity contribution in [2.75, 3.05) is 12.4 Å². The van der Waals surface area contributed by atoms with Crippen molar-refractivity contribution < 1.29 is 13.5 Å². The van der Waals surface area contributed by atoms with E-state index in [1.54, 1.807) is 0 Å². The van der Waals surface area contributed by atoms with Crippen LogP contribution in [0.3, 0.4) is 0 Å². The lowest BCUT2D eigenvalue weighted by Gasteiger charge is -2.30. The van der Waals surface area contributed by atoms with Gasteiger partial charge in [0.1, 0.15) is 0 Å². The number of hydrogen-bond donors (Lipinski definition) is 2. The number of aliphatic hydroxyl groups is 1. The van der Waals surface area contributed by atoms with Gasteiger partial charge in [0, 0.05) is 18.6 Å². The van der Waals surface area contributed by atoms with Crippen LogP contribution < -0.4 is 4.72 Å². The zero-order chi connectivity index (χ0) is 14.0. The Morgan fingerprint density at radius 1 is 1.21 bits per heavy atom. The van der Waals surface area contributed by atoms with Crippen LogP contribution in [0.1, 0.15) is 46.0 Å². The second-order valence-corrected chi connectivity index (χ2v) is 8.09. The molecule has 0 aliphatic heterocycles. The van der Waals surface area contributed by atoms with Gasteiger partial charge in [-0.15, -0.1) is 0 Å². The zero-order valence-corrected chi connectivity index (χ0v) is 12.8. The smallest absolute Gasteiger partial charge is 0.212 e. The van der Waals surface area contributed by atoms with Gasteiger partial charge in [0.15, 0.2) is 0 Å². The third-order valence-corrected chi connectivity index (χ3v) is 6.77. The third kappa shape index (κ3) is 3.31. The Morgan fingerprint density at radius 3 is 2.42 bits per heavy atom. The molecule has 0 aromatic rings. The summed E-state index contributed by atoms with van der Waals surface area (Å²) in [4.78, 5) is 0. The van der Waals surface area contributed by atoms with Gasteiger partial charge in [0.25, 0.3) is 0 Å². The molecule has 2 rings (SSSR count). The molecule has 2 bridgehead atoms. The minimum absolute atomic E-state index is 0.0249. The molecule has 2 N–H and O–H groups in total. The van der Waals surface area contributed by atoms with Crippen molar-refractivity contribution in [2.45, 2.75) is 52.0 Å². The van der Waals surface area contributed by atoms with E-state index in [1.165, 1.54) is 0 Å². The lowest BCUT2D eigenvalue weighted by Crippen LogP contribution is -2.46. The number of hydrogen-bond acceptors (Lipinski definition) is 3. The summed E-state index contributed by atoms with van der Waals surface area (Å²) in [7, 11) is -3.22. The van der Waals surface area contributed by atoms with E-state index in [0.717, 1.165) is 32.1 Å². The van der Waals surface area contributed by atoms with Gasteiger partial charge in [0.2, 0.25) is 10.0 Å². The number of nitrogens with one attached hydrogen (secondary N) is 1. The van der Waals surface area contributed by atoms with Crippen molar-refractivity contribution in [2.24, 2.45) is 23.7 Å². The summed E-state index contributed by atoms with van der Waals surface area (Å²) in [5, 5.41) is 9.49. The number of fused-ring (bicyclic) bond motifs is 2. The number of aliphatic hydroxyl groups excluding tert-OH is 1. The second-order valence-electron chi connectivity index (χ2n) is 6.29. The summed E-state index contributed by atoms with van der Waals surface area (Å²) in [5.41, 5.74) is 0. The molecule has 0 radical (unpaired) electrons. The first-order chi connectivity index (χ1) is 9.00. The summed E-state index contributed by atoms with van der Waals surface area (Å²) in [6.45, 7) is 4.19. The summed E-state index contributed by atoms with van der Waals surface area (Å²) >= 11 is 0. The Morgan fingerprint density at radius 2 is 1.84 bits per heavy atom.